The highest BCUT2D eigenvalue weighted by Gasteiger charge is 2.38. The van der Waals surface area contributed by atoms with Crippen LogP contribution in [-0.4, -0.2) is 33.0 Å². The molecule has 0 aliphatic rings. The molecule has 3 rings (SSSR count). The van der Waals surface area contributed by atoms with Gasteiger partial charge in [0, 0.05) is 24.4 Å². The van der Waals surface area contributed by atoms with E-state index in [1.165, 1.54) is 4.57 Å². The van der Waals surface area contributed by atoms with Crippen molar-refractivity contribution in [3.63, 3.8) is 0 Å². The van der Waals surface area contributed by atoms with E-state index in [9.17, 15) is 29.8 Å². The second kappa shape index (κ2) is 8.22. The first kappa shape index (κ1) is 21.4. The van der Waals surface area contributed by atoms with Gasteiger partial charge in [0.1, 0.15) is 0 Å². The van der Waals surface area contributed by atoms with Crippen LogP contribution >= 0.6 is 0 Å². The number of ether oxygens (including phenoxy) is 2. The van der Waals surface area contributed by atoms with E-state index in [0.29, 0.717) is 5.69 Å². The van der Waals surface area contributed by atoms with E-state index in [1.807, 2.05) is 0 Å². The average Bonchev–Trinajstić information content (AvgIpc) is 2.98. The zero-order valence-electron chi connectivity index (χ0n) is 16.8. The Morgan fingerprint density at radius 3 is 2.26 bits per heavy atom. The van der Waals surface area contributed by atoms with Crippen molar-refractivity contribution in [2.45, 2.75) is 20.8 Å². The highest BCUT2D eigenvalue weighted by molar-refractivity contribution is 6.12. The van der Waals surface area contributed by atoms with Crippen molar-refractivity contribution in [1.29, 1.82) is 0 Å². The van der Waals surface area contributed by atoms with Gasteiger partial charge >= 0.3 is 23.3 Å². The molecular formula is C20H17N3O8. The number of carbonyl (C=O) groups is 2. The van der Waals surface area contributed by atoms with Crippen LogP contribution in [0, 0.1) is 27.2 Å². The molecule has 0 unspecified atom stereocenters. The summed E-state index contributed by atoms with van der Waals surface area (Å²) in [6.07, 6.45) is 0. The maximum atomic E-state index is 12.8. The molecule has 1 heterocycles. The highest BCUT2D eigenvalue weighted by atomic mass is 16.6. The van der Waals surface area contributed by atoms with Crippen LogP contribution in [0.3, 0.4) is 0 Å². The van der Waals surface area contributed by atoms with E-state index in [4.69, 9.17) is 9.47 Å². The van der Waals surface area contributed by atoms with E-state index >= 15 is 0 Å². The predicted octanol–water partition coefficient (Wildman–Crippen LogP) is 3.86. The topological polar surface area (TPSA) is 144 Å². The van der Waals surface area contributed by atoms with Gasteiger partial charge in [0.15, 0.2) is 0 Å². The van der Waals surface area contributed by atoms with Crippen LogP contribution in [0.1, 0.15) is 29.9 Å². The van der Waals surface area contributed by atoms with E-state index in [1.54, 1.807) is 44.2 Å². The van der Waals surface area contributed by atoms with Crippen molar-refractivity contribution in [3.8, 4) is 11.4 Å². The summed E-state index contributed by atoms with van der Waals surface area (Å²) in [5, 5.41) is 23.5. The monoisotopic (exact) mass is 427 g/mol. The van der Waals surface area contributed by atoms with Crippen LogP contribution in [0.5, 0.6) is 5.75 Å². The Morgan fingerprint density at radius 1 is 1.10 bits per heavy atom. The minimum Gasteiger partial charge on any atom is -0.462 e. The average molecular weight is 427 g/mol. The lowest BCUT2D eigenvalue weighted by Crippen LogP contribution is -2.09. The molecule has 0 amide bonds. The van der Waals surface area contributed by atoms with Crippen LogP contribution in [-0.2, 0) is 9.53 Å². The molecule has 11 nitrogen and oxygen atoms in total. The number of aromatic nitrogens is 1. The Balaban J connectivity index is 2.60. The van der Waals surface area contributed by atoms with Crippen LogP contribution in [0.2, 0.25) is 0 Å². The lowest BCUT2D eigenvalue weighted by Gasteiger charge is -2.09. The van der Waals surface area contributed by atoms with Crippen molar-refractivity contribution >= 4 is 34.2 Å². The number of carbonyl (C=O) groups excluding carboxylic acids is 2. The number of nitro benzene ring substituents is 2. The molecule has 0 aliphatic carbocycles. The molecule has 11 heteroatoms. The number of hydrogen-bond donors (Lipinski definition) is 0. The second-order valence-corrected chi connectivity index (χ2v) is 6.43. The highest BCUT2D eigenvalue weighted by Crippen LogP contribution is 2.47. The van der Waals surface area contributed by atoms with Crippen LogP contribution in [0.25, 0.3) is 16.6 Å². The van der Waals surface area contributed by atoms with Crippen molar-refractivity contribution in [2.24, 2.45) is 0 Å². The van der Waals surface area contributed by atoms with E-state index in [-0.39, 0.29) is 28.8 Å². The fourth-order valence-electron chi connectivity index (χ4n) is 3.44. The summed E-state index contributed by atoms with van der Waals surface area (Å²) < 4.78 is 11.4. The van der Waals surface area contributed by atoms with Crippen LogP contribution in [0.4, 0.5) is 11.4 Å². The van der Waals surface area contributed by atoms with Crippen molar-refractivity contribution in [2.75, 3.05) is 6.61 Å². The SMILES string of the molecule is CCOC(=O)c1c(C)n(-c2ccccc2)c2cc([N+](=O)[O-])c(OC(C)=O)c([N+](=O)[O-])c12. The second-order valence-electron chi connectivity index (χ2n) is 6.43. The van der Waals surface area contributed by atoms with Gasteiger partial charge in [0.05, 0.1) is 32.9 Å². The van der Waals surface area contributed by atoms with E-state index in [0.717, 1.165) is 13.0 Å². The standard InChI is InChI=1S/C20H17N3O8/c1-4-30-20(25)16-11(2)21(13-8-6-5-7-9-13)14-10-15(22(26)27)19(31-12(3)24)18(17(14)16)23(28)29/h5-10H,4H2,1-3H3. The maximum Gasteiger partial charge on any atom is 0.340 e. The maximum absolute atomic E-state index is 12.8. The molecule has 2 aromatic carbocycles. The number of nitro groups is 2. The van der Waals surface area contributed by atoms with E-state index in [2.05, 4.69) is 0 Å². The Hall–Kier alpha value is -4.28. The zero-order valence-corrected chi connectivity index (χ0v) is 16.8. The Labute approximate surface area is 175 Å². The number of esters is 2. The molecular weight excluding hydrogens is 410 g/mol. The molecule has 0 saturated carbocycles. The Bertz CT molecular complexity index is 1230. The normalized spacial score (nSPS) is 10.7. The molecule has 0 radical (unpaired) electrons. The first-order chi connectivity index (χ1) is 14.7. The van der Waals surface area contributed by atoms with Gasteiger partial charge in [-0.25, -0.2) is 4.79 Å². The van der Waals surface area contributed by atoms with Gasteiger partial charge in [-0.1, -0.05) is 18.2 Å². The quantitative estimate of drug-likeness (QED) is 0.250. The van der Waals surface area contributed by atoms with Crippen molar-refractivity contribution in [1.82, 2.24) is 4.57 Å². The number of nitrogens with zero attached hydrogens (tertiary/aromatic N) is 3. The number of para-hydroxylation sites is 1. The fraction of sp³-hybridized carbons (Fsp3) is 0.200. The van der Waals surface area contributed by atoms with Crippen LogP contribution < -0.4 is 4.74 Å². The summed E-state index contributed by atoms with van der Waals surface area (Å²) in [6.45, 7) is 4.09. The summed E-state index contributed by atoms with van der Waals surface area (Å²) in [5.41, 5.74) is -0.960. The van der Waals surface area contributed by atoms with E-state index < -0.39 is 38.9 Å². The largest absolute Gasteiger partial charge is 0.462 e. The lowest BCUT2D eigenvalue weighted by molar-refractivity contribution is -0.394. The Morgan fingerprint density at radius 2 is 1.74 bits per heavy atom. The number of fused-ring (bicyclic) bond motifs is 1. The van der Waals surface area contributed by atoms with Crippen LogP contribution in [0.15, 0.2) is 36.4 Å². The fourth-order valence-corrected chi connectivity index (χ4v) is 3.44. The first-order valence-electron chi connectivity index (χ1n) is 9.10. The third-order valence-electron chi connectivity index (χ3n) is 4.52. The molecule has 31 heavy (non-hydrogen) atoms. The molecule has 1 aromatic heterocycles. The molecule has 0 bridgehead atoms. The zero-order chi connectivity index (χ0) is 22.9. The lowest BCUT2D eigenvalue weighted by atomic mass is 10.1. The molecule has 0 spiro atoms. The summed E-state index contributed by atoms with van der Waals surface area (Å²) in [7, 11) is 0. The Kier molecular flexibility index (Phi) is 5.68. The predicted molar refractivity (Wildman–Crippen MR) is 109 cm³/mol. The molecule has 0 saturated heterocycles. The summed E-state index contributed by atoms with van der Waals surface area (Å²) in [6, 6.07) is 9.57. The van der Waals surface area contributed by atoms with Gasteiger partial charge in [0.25, 0.3) is 5.75 Å². The van der Waals surface area contributed by atoms with Gasteiger partial charge in [-0.15, -0.1) is 0 Å². The van der Waals surface area contributed by atoms with Gasteiger partial charge in [-0.05, 0) is 26.0 Å². The van der Waals surface area contributed by atoms with Crippen molar-refractivity contribution in [3.05, 3.63) is 67.9 Å². The molecule has 160 valence electrons. The number of benzene rings is 2. The summed E-state index contributed by atoms with van der Waals surface area (Å²) >= 11 is 0. The minimum absolute atomic E-state index is 0.00780. The summed E-state index contributed by atoms with van der Waals surface area (Å²) in [4.78, 5) is 46.2. The third-order valence-corrected chi connectivity index (χ3v) is 4.52. The molecule has 0 atom stereocenters. The van der Waals surface area contributed by atoms with Gasteiger partial charge in [-0.3, -0.25) is 25.0 Å². The molecule has 0 N–H and O–H groups in total. The summed E-state index contributed by atoms with van der Waals surface area (Å²) in [5.74, 6) is -2.67. The van der Waals surface area contributed by atoms with Gasteiger partial charge in [-0.2, -0.15) is 0 Å². The minimum atomic E-state index is -0.984. The first-order valence-corrected chi connectivity index (χ1v) is 9.10. The molecule has 0 aliphatic heterocycles. The smallest absolute Gasteiger partial charge is 0.340 e. The number of rotatable bonds is 6. The molecule has 3 aromatic rings. The molecule has 0 fully saturated rings. The van der Waals surface area contributed by atoms with Gasteiger partial charge in [0.2, 0.25) is 0 Å². The number of hydrogen-bond acceptors (Lipinski definition) is 8. The third kappa shape index (κ3) is 3.68. The van der Waals surface area contributed by atoms with Crippen molar-refractivity contribution < 1.29 is 28.9 Å². The van der Waals surface area contributed by atoms with Gasteiger partial charge < -0.3 is 14.0 Å².